The Morgan fingerprint density at radius 1 is 0.969 bits per heavy atom. The second-order valence-electron chi connectivity index (χ2n) is 6.74. The van der Waals surface area contributed by atoms with Crippen LogP contribution in [0.5, 0.6) is 5.75 Å². The lowest BCUT2D eigenvalue weighted by molar-refractivity contribution is -0.117. The van der Waals surface area contributed by atoms with Gasteiger partial charge >= 0.3 is 0 Å². The van der Waals surface area contributed by atoms with E-state index in [1.807, 2.05) is 0 Å². The number of amides is 1. The average Bonchev–Trinajstić information content (AvgIpc) is 2.76. The molecule has 1 amide bonds. The van der Waals surface area contributed by atoms with Crippen LogP contribution in [0, 0.1) is 17.5 Å². The van der Waals surface area contributed by atoms with Gasteiger partial charge in [0.1, 0.15) is 39.8 Å². The topological polar surface area (TPSA) is 84.5 Å². The number of nitrogens with one attached hydrogen (secondary N) is 2. The molecule has 168 valence electrons. The van der Waals surface area contributed by atoms with E-state index < -0.39 is 50.0 Å². The molecule has 3 aromatic rings. The Hall–Kier alpha value is -3.37. The van der Waals surface area contributed by atoms with Gasteiger partial charge in [-0.2, -0.15) is 4.72 Å². The molecule has 0 radical (unpaired) electrons. The Morgan fingerprint density at radius 3 is 2.25 bits per heavy atom. The smallest absolute Gasteiger partial charge is 0.245 e. The second kappa shape index (κ2) is 9.84. The Bertz CT molecular complexity index is 1200. The van der Waals surface area contributed by atoms with E-state index in [-0.39, 0.29) is 12.2 Å². The standard InChI is InChI=1S/C22H19F3N2O4S/c1-31-19-11-10-15(23)13-20(19)32(29,30)27-18(12-14-6-3-2-4-7-14)22(28)26-21-16(24)8-5-9-17(21)25/h2-11,13,18,27H,12H2,1H3,(H,26,28). The van der Waals surface area contributed by atoms with Gasteiger partial charge in [0.25, 0.3) is 0 Å². The molecule has 0 saturated heterocycles. The van der Waals surface area contributed by atoms with Crippen molar-refractivity contribution in [3.8, 4) is 5.75 Å². The van der Waals surface area contributed by atoms with Crippen LogP contribution in [0.4, 0.5) is 18.9 Å². The molecule has 0 saturated carbocycles. The summed E-state index contributed by atoms with van der Waals surface area (Å²) in [4.78, 5) is 12.4. The maximum Gasteiger partial charge on any atom is 0.245 e. The highest BCUT2D eigenvalue weighted by molar-refractivity contribution is 7.89. The molecule has 0 aliphatic heterocycles. The van der Waals surface area contributed by atoms with Crippen molar-refractivity contribution in [1.82, 2.24) is 4.72 Å². The van der Waals surface area contributed by atoms with Crippen LogP contribution in [0.3, 0.4) is 0 Å². The molecule has 0 heterocycles. The summed E-state index contributed by atoms with van der Waals surface area (Å²) in [5, 5.41) is 2.09. The van der Waals surface area contributed by atoms with Gasteiger partial charge in [-0.25, -0.2) is 21.6 Å². The van der Waals surface area contributed by atoms with Crippen LogP contribution < -0.4 is 14.8 Å². The molecular weight excluding hydrogens is 445 g/mol. The quantitative estimate of drug-likeness (QED) is 0.533. The second-order valence-corrected chi connectivity index (χ2v) is 8.43. The minimum atomic E-state index is -4.47. The first-order valence-corrected chi connectivity index (χ1v) is 10.8. The van der Waals surface area contributed by atoms with Crippen LogP contribution in [0.15, 0.2) is 71.6 Å². The van der Waals surface area contributed by atoms with Crippen LogP contribution in [-0.2, 0) is 21.2 Å². The zero-order valence-electron chi connectivity index (χ0n) is 16.8. The molecule has 0 aliphatic carbocycles. The minimum absolute atomic E-state index is 0.139. The van der Waals surface area contributed by atoms with Crippen molar-refractivity contribution in [2.45, 2.75) is 17.4 Å². The molecule has 32 heavy (non-hydrogen) atoms. The number of ether oxygens (including phenoxy) is 1. The summed E-state index contributed by atoms with van der Waals surface area (Å²) < 4.78 is 74.8. The maximum absolute atomic E-state index is 14.0. The summed E-state index contributed by atoms with van der Waals surface area (Å²) >= 11 is 0. The number of hydrogen-bond acceptors (Lipinski definition) is 4. The van der Waals surface area contributed by atoms with E-state index in [9.17, 15) is 26.4 Å². The maximum atomic E-state index is 14.0. The first kappa shape index (κ1) is 23.3. The average molecular weight is 464 g/mol. The summed E-state index contributed by atoms with van der Waals surface area (Å²) in [5.74, 6) is -4.02. The van der Waals surface area contributed by atoms with E-state index in [1.165, 1.54) is 7.11 Å². The normalized spacial score (nSPS) is 12.2. The van der Waals surface area contributed by atoms with Gasteiger partial charge in [-0.1, -0.05) is 36.4 Å². The number of anilines is 1. The molecule has 6 nitrogen and oxygen atoms in total. The van der Waals surface area contributed by atoms with Crippen LogP contribution >= 0.6 is 0 Å². The number of hydrogen-bond donors (Lipinski definition) is 2. The van der Waals surface area contributed by atoms with E-state index in [1.54, 1.807) is 30.3 Å². The Morgan fingerprint density at radius 2 is 1.62 bits per heavy atom. The van der Waals surface area contributed by atoms with Crippen LogP contribution in [0.25, 0.3) is 0 Å². The van der Waals surface area contributed by atoms with Crippen molar-refractivity contribution in [3.05, 3.63) is 89.7 Å². The van der Waals surface area contributed by atoms with Crippen molar-refractivity contribution >= 4 is 21.6 Å². The summed E-state index contributed by atoms with van der Waals surface area (Å²) in [7, 11) is -3.26. The molecule has 0 spiro atoms. The number of carbonyl (C=O) groups is 1. The predicted molar refractivity (Wildman–Crippen MR) is 112 cm³/mol. The highest BCUT2D eigenvalue weighted by Crippen LogP contribution is 2.25. The minimum Gasteiger partial charge on any atom is -0.495 e. The molecular formula is C22H19F3N2O4S. The van der Waals surface area contributed by atoms with E-state index in [2.05, 4.69) is 10.0 Å². The Labute approximate surface area is 183 Å². The zero-order valence-corrected chi connectivity index (χ0v) is 17.6. The summed E-state index contributed by atoms with van der Waals surface area (Å²) in [6.45, 7) is 0. The van der Waals surface area contributed by atoms with Gasteiger partial charge in [-0.3, -0.25) is 4.79 Å². The van der Waals surface area contributed by atoms with Gasteiger partial charge in [0.05, 0.1) is 7.11 Å². The van der Waals surface area contributed by atoms with Gasteiger partial charge in [0, 0.05) is 0 Å². The highest BCUT2D eigenvalue weighted by Gasteiger charge is 2.29. The fourth-order valence-corrected chi connectivity index (χ4v) is 4.35. The molecule has 1 unspecified atom stereocenters. The lowest BCUT2D eigenvalue weighted by atomic mass is 10.1. The third-order valence-corrected chi connectivity index (χ3v) is 6.02. The van der Waals surface area contributed by atoms with Crippen LogP contribution in [0.2, 0.25) is 0 Å². The third-order valence-electron chi connectivity index (χ3n) is 4.52. The third kappa shape index (κ3) is 5.45. The van der Waals surface area contributed by atoms with Crippen molar-refractivity contribution < 1.29 is 31.1 Å². The molecule has 2 N–H and O–H groups in total. The largest absolute Gasteiger partial charge is 0.495 e. The van der Waals surface area contributed by atoms with Gasteiger partial charge in [-0.15, -0.1) is 0 Å². The number of halogens is 3. The molecule has 0 bridgehead atoms. The van der Waals surface area contributed by atoms with Crippen molar-refractivity contribution in [1.29, 1.82) is 0 Å². The fourth-order valence-electron chi connectivity index (χ4n) is 2.98. The molecule has 0 aliphatic rings. The molecule has 0 aromatic heterocycles. The molecule has 3 rings (SSSR count). The number of sulfonamides is 1. The number of rotatable bonds is 8. The Balaban J connectivity index is 1.96. The first-order chi connectivity index (χ1) is 15.2. The summed E-state index contributed by atoms with van der Waals surface area (Å²) in [6, 6.07) is 12.9. The van der Waals surface area contributed by atoms with E-state index in [0.29, 0.717) is 5.56 Å². The molecule has 1 atom stereocenters. The number of methoxy groups -OCH3 is 1. The first-order valence-electron chi connectivity index (χ1n) is 9.36. The van der Waals surface area contributed by atoms with Gasteiger partial charge < -0.3 is 10.1 Å². The summed E-state index contributed by atoms with van der Waals surface area (Å²) in [5.41, 5.74) is -0.131. The molecule has 10 heteroatoms. The zero-order chi connectivity index (χ0) is 23.3. The van der Waals surface area contributed by atoms with Crippen LogP contribution in [0.1, 0.15) is 5.56 Å². The number of benzene rings is 3. The van der Waals surface area contributed by atoms with Crippen molar-refractivity contribution in [2.24, 2.45) is 0 Å². The molecule has 3 aromatic carbocycles. The molecule has 0 fully saturated rings. The predicted octanol–water partition coefficient (Wildman–Crippen LogP) is 3.64. The van der Waals surface area contributed by atoms with E-state index >= 15 is 0 Å². The SMILES string of the molecule is COc1ccc(F)cc1S(=O)(=O)NC(Cc1ccccc1)C(=O)Nc1c(F)cccc1F. The highest BCUT2D eigenvalue weighted by atomic mass is 32.2. The van der Waals surface area contributed by atoms with Crippen molar-refractivity contribution in [3.63, 3.8) is 0 Å². The van der Waals surface area contributed by atoms with Crippen LogP contribution in [-0.4, -0.2) is 27.5 Å². The summed E-state index contributed by atoms with van der Waals surface area (Å²) in [6.07, 6.45) is -0.139. The van der Waals surface area contributed by atoms with Gasteiger partial charge in [0.15, 0.2) is 0 Å². The van der Waals surface area contributed by atoms with E-state index in [0.717, 1.165) is 36.4 Å². The van der Waals surface area contributed by atoms with Gasteiger partial charge in [-0.05, 0) is 42.3 Å². The van der Waals surface area contributed by atoms with Crippen molar-refractivity contribution in [2.75, 3.05) is 12.4 Å². The fraction of sp³-hybridized carbons (Fsp3) is 0.136. The monoisotopic (exact) mass is 464 g/mol. The Kier molecular flexibility index (Phi) is 7.16. The lowest BCUT2D eigenvalue weighted by Gasteiger charge is -2.20. The lowest BCUT2D eigenvalue weighted by Crippen LogP contribution is -2.45. The van der Waals surface area contributed by atoms with E-state index in [4.69, 9.17) is 4.74 Å². The number of para-hydroxylation sites is 1. The van der Waals surface area contributed by atoms with Gasteiger partial charge in [0.2, 0.25) is 15.9 Å². The number of carbonyl (C=O) groups excluding carboxylic acids is 1.